The fourth-order valence-electron chi connectivity index (χ4n) is 3.97. The summed E-state index contributed by atoms with van der Waals surface area (Å²) in [5.74, 6) is -0.742. The summed E-state index contributed by atoms with van der Waals surface area (Å²) in [5, 5.41) is 7.75. The van der Waals surface area contributed by atoms with Crippen LogP contribution in [-0.2, 0) is 7.05 Å². The average Bonchev–Trinajstić information content (AvgIpc) is 3.42. The van der Waals surface area contributed by atoms with E-state index in [4.69, 9.17) is 0 Å². The second-order valence-electron chi connectivity index (χ2n) is 7.93. The van der Waals surface area contributed by atoms with E-state index in [1.54, 1.807) is 35.0 Å². The zero-order valence-electron chi connectivity index (χ0n) is 18.7. The van der Waals surface area contributed by atoms with E-state index in [-0.39, 0.29) is 17.1 Å². The van der Waals surface area contributed by atoms with Crippen molar-refractivity contribution in [2.75, 3.05) is 5.43 Å². The first-order valence-corrected chi connectivity index (χ1v) is 11.4. The Morgan fingerprint density at radius 2 is 1.82 bits per heavy atom. The van der Waals surface area contributed by atoms with Gasteiger partial charge in [-0.1, -0.05) is 30.3 Å². The number of aryl methyl sites for hydroxylation is 2. The number of halogens is 1. The summed E-state index contributed by atoms with van der Waals surface area (Å²) >= 11 is 1.43. The first-order valence-electron chi connectivity index (χ1n) is 10.5. The average molecular weight is 474 g/mol. The number of amides is 1. The van der Waals surface area contributed by atoms with Crippen molar-refractivity contribution < 1.29 is 9.18 Å². The third-order valence-corrected chi connectivity index (χ3v) is 6.56. The van der Waals surface area contributed by atoms with E-state index in [0.717, 1.165) is 22.6 Å². The number of aromatic nitrogens is 4. The number of rotatable bonds is 4. The standard InChI is InChI=1S/C25H20FN5O2S/c1-14-11-20(21-13-34-24(27-21)16-7-6-8-17(26)12-16)15(2)31(14)29-23(32)22-18-9-4-5-10-19(18)25(33)30(3)28-22/h4-13H,1-3H3,(H,29,32). The lowest BCUT2D eigenvalue weighted by molar-refractivity contribution is 0.100. The molecule has 0 spiro atoms. The van der Waals surface area contributed by atoms with Crippen molar-refractivity contribution in [1.82, 2.24) is 19.4 Å². The van der Waals surface area contributed by atoms with E-state index in [2.05, 4.69) is 15.5 Å². The number of thiazole rings is 1. The molecule has 7 nitrogen and oxygen atoms in total. The van der Waals surface area contributed by atoms with Crippen molar-refractivity contribution in [3.63, 3.8) is 0 Å². The highest BCUT2D eigenvalue weighted by atomic mass is 32.1. The maximum atomic E-state index is 13.6. The number of nitrogens with zero attached hydrogens (tertiary/aromatic N) is 4. The number of hydrogen-bond donors (Lipinski definition) is 1. The molecule has 0 fully saturated rings. The van der Waals surface area contributed by atoms with E-state index in [9.17, 15) is 14.0 Å². The normalized spacial score (nSPS) is 11.2. The van der Waals surface area contributed by atoms with Crippen LogP contribution >= 0.6 is 11.3 Å². The third kappa shape index (κ3) is 3.69. The Morgan fingerprint density at radius 1 is 1.06 bits per heavy atom. The molecule has 0 atom stereocenters. The van der Waals surface area contributed by atoms with Crippen LogP contribution in [0.25, 0.3) is 32.6 Å². The molecule has 3 aromatic heterocycles. The van der Waals surface area contributed by atoms with E-state index >= 15 is 0 Å². The van der Waals surface area contributed by atoms with Crippen molar-refractivity contribution in [1.29, 1.82) is 0 Å². The monoisotopic (exact) mass is 473 g/mol. The van der Waals surface area contributed by atoms with Gasteiger partial charge in [-0.2, -0.15) is 5.10 Å². The first kappa shape index (κ1) is 21.7. The summed E-state index contributed by atoms with van der Waals surface area (Å²) in [6.45, 7) is 3.76. The maximum absolute atomic E-state index is 13.6. The molecule has 0 radical (unpaired) electrons. The fourth-order valence-corrected chi connectivity index (χ4v) is 4.78. The molecule has 9 heteroatoms. The Hall–Kier alpha value is -4.11. The molecule has 2 aromatic carbocycles. The first-order chi connectivity index (χ1) is 16.3. The minimum absolute atomic E-state index is 0.161. The van der Waals surface area contributed by atoms with Gasteiger partial charge in [0.25, 0.3) is 11.5 Å². The molecule has 0 aliphatic rings. The molecular formula is C25H20FN5O2S. The molecule has 0 aliphatic carbocycles. The number of carbonyl (C=O) groups is 1. The van der Waals surface area contributed by atoms with Crippen molar-refractivity contribution in [2.24, 2.45) is 7.05 Å². The zero-order valence-corrected chi connectivity index (χ0v) is 19.5. The second-order valence-corrected chi connectivity index (χ2v) is 8.79. The number of nitrogens with one attached hydrogen (secondary N) is 1. The molecule has 0 unspecified atom stereocenters. The van der Waals surface area contributed by atoms with Crippen molar-refractivity contribution in [2.45, 2.75) is 13.8 Å². The number of hydrogen-bond acceptors (Lipinski definition) is 5. The molecule has 0 aliphatic heterocycles. The number of fused-ring (bicyclic) bond motifs is 1. The molecule has 170 valence electrons. The maximum Gasteiger partial charge on any atom is 0.291 e. The van der Waals surface area contributed by atoms with Crippen LogP contribution in [0.5, 0.6) is 0 Å². The van der Waals surface area contributed by atoms with Gasteiger partial charge in [-0.15, -0.1) is 11.3 Å². The smallest absolute Gasteiger partial charge is 0.267 e. The van der Waals surface area contributed by atoms with Gasteiger partial charge in [0, 0.05) is 40.3 Å². The number of carbonyl (C=O) groups excluding carboxylic acids is 1. The minimum atomic E-state index is -0.432. The summed E-state index contributed by atoms with van der Waals surface area (Å²) in [4.78, 5) is 30.3. The topological polar surface area (TPSA) is 81.8 Å². The van der Waals surface area contributed by atoms with Crippen molar-refractivity contribution >= 4 is 28.0 Å². The Morgan fingerprint density at radius 3 is 2.59 bits per heavy atom. The van der Waals surface area contributed by atoms with Gasteiger partial charge in [0.2, 0.25) is 0 Å². The van der Waals surface area contributed by atoms with Crippen molar-refractivity contribution in [3.8, 4) is 21.8 Å². The summed E-state index contributed by atoms with van der Waals surface area (Å²) in [7, 11) is 1.52. The molecular weight excluding hydrogens is 453 g/mol. The molecule has 0 saturated carbocycles. The van der Waals surface area contributed by atoms with Gasteiger partial charge >= 0.3 is 0 Å². The van der Waals surface area contributed by atoms with Crippen LogP contribution in [-0.4, -0.2) is 25.3 Å². The van der Waals surface area contributed by atoms with E-state index in [1.165, 1.54) is 35.2 Å². The molecule has 5 rings (SSSR count). The summed E-state index contributed by atoms with van der Waals surface area (Å²) in [6.07, 6.45) is 0. The van der Waals surface area contributed by atoms with Gasteiger partial charge in [-0.25, -0.2) is 14.1 Å². The van der Waals surface area contributed by atoms with Crippen LogP contribution in [0, 0.1) is 19.7 Å². The SMILES string of the molecule is Cc1cc(-c2csc(-c3cccc(F)c3)n2)c(C)n1NC(=O)c1nn(C)c(=O)c2ccccc12. The van der Waals surface area contributed by atoms with E-state index in [0.29, 0.717) is 21.3 Å². The highest BCUT2D eigenvalue weighted by Crippen LogP contribution is 2.32. The molecule has 1 N–H and O–H groups in total. The van der Waals surface area contributed by atoms with E-state index < -0.39 is 5.91 Å². The van der Waals surface area contributed by atoms with Crippen LogP contribution in [0.2, 0.25) is 0 Å². The van der Waals surface area contributed by atoms with Crippen molar-refractivity contribution in [3.05, 3.63) is 93.2 Å². The highest BCUT2D eigenvalue weighted by Gasteiger charge is 2.20. The van der Waals surface area contributed by atoms with E-state index in [1.807, 2.05) is 31.4 Å². The van der Waals surface area contributed by atoms with Crippen LogP contribution in [0.4, 0.5) is 4.39 Å². The largest absolute Gasteiger partial charge is 0.291 e. The molecule has 0 saturated heterocycles. The minimum Gasteiger partial charge on any atom is -0.267 e. The molecule has 34 heavy (non-hydrogen) atoms. The predicted octanol–water partition coefficient (Wildman–Crippen LogP) is 4.67. The molecule has 3 heterocycles. The van der Waals surface area contributed by atoms with Gasteiger partial charge in [0.05, 0.1) is 11.1 Å². The van der Waals surface area contributed by atoms with Gasteiger partial charge in [-0.3, -0.25) is 19.7 Å². The Balaban J connectivity index is 1.49. The molecule has 5 aromatic rings. The van der Waals surface area contributed by atoms with Gasteiger partial charge < -0.3 is 0 Å². The van der Waals surface area contributed by atoms with Crippen LogP contribution in [0.3, 0.4) is 0 Å². The predicted molar refractivity (Wildman–Crippen MR) is 131 cm³/mol. The number of benzene rings is 2. The summed E-state index contributed by atoms with van der Waals surface area (Å²) in [6, 6.07) is 15.2. The van der Waals surface area contributed by atoms with Crippen LogP contribution in [0.15, 0.2) is 64.8 Å². The van der Waals surface area contributed by atoms with Gasteiger partial charge in [-0.05, 0) is 38.1 Å². The summed E-state index contributed by atoms with van der Waals surface area (Å²) < 4.78 is 16.5. The second kappa shape index (κ2) is 8.35. The Labute approximate surface area is 198 Å². The van der Waals surface area contributed by atoms with Crippen LogP contribution < -0.4 is 11.0 Å². The highest BCUT2D eigenvalue weighted by molar-refractivity contribution is 7.13. The summed E-state index contributed by atoms with van der Waals surface area (Å²) in [5.41, 5.74) is 6.69. The zero-order chi connectivity index (χ0) is 24.0. The lowest BCUT2D eigenvalue weighted by Crippen LogP contribution is -2.29. The Kier molecular flexibility index (Phi) is 5.33. The van der Waals surface area contributed by atoms with Gasteiger partial charge in [0.1, 0.15) is 10.8 Å². The fraction of sp³-hybridized carbons (Fsp3) is 0.120. The lowest BCUT2D eigenvalue weighted by Gasteiger charge is -2.13. The van der Waals surface area contributed by atoms with Gasteiger partial charge in [0.15, 0.2) is 5.69 Å². The lowest BCUT2D eigenvalue weighted by atomic mass is 10.1. The Bertz CT molecular complexity index is 1630. The molecule has 0 bridgehead atoms. The third-order valence-electron chi connectivity index (χ3n) is 5.67. The quantitative estimate of drug-likeness (QED) is 0.411. The van der Waals surface area contributed by atoms with Crippen LogP contribution in [0.1, 0.15) is 21.9 Å². The molecule has 1 amide bonds.